The molecule has 2 fully saturated rings. The molecule has 5 heteroatoms. The zero-order valence-corrected chi connectivity index (χ0v) is 12.1. The molecule has 0 bridgehead atoms. The van der Waals surface area contributed by atoms with Gasteiger partial charge in [-0.1, -0.05) is 12.1 Å². The molecular formula is C15H18N2O2S. The minimum Gasteiger partial charge on any atom is -0.214 e. The Balaban J connectivity index is 1.59. The average molecular weight is 290 g/mol. The summed E-state index contributed by atoms with van der Waals surface area (Å²) in [6.45, 7) is 0.594. The number of nitrogens with zero attached hydrogens (tertiary/aromatic N) is 1. The van der Waals surface area contributed by atoms with Crippen LogP contribution in [-0.4, -0.2) is 15.0 Å². The molecular weight excluding hydrogens is 272 g/mol. The van der Waals surface area contributed by atoms with E-state index in [-0.39, 0.29) is 11.2 Å². The van der Waals surface area contributed by atoms with Crippen LogP contribution in [0.5, 0.6) is 0 Å². The van der Waals surface area contributed by atoms with Gasteiger partial charge in [0.1, 0.15) is 0 Å². The third-order valence-corrected chi connectivity index (χ3v) is 5.72. The maximum absolute atomic E-state index is 12.1. The first-order valence-corrected chi connectivity index (χ1v) is 8.65. The van der Waals surface area contributed by atoms with Crippen molar-refractivity contribution in [1.29, 1.82) is 5.26 Å². The van der Waals surface area contributed by atoms with Crippen molar-refractivity contribution in [2.24, 2.45) is 11.3 Å². The molecule has 20 heavy (non-hydrogen) atoms. The fraction of sp³-hybridized carbons (Fsp3) is 0.533. The highest BCUT2D eigenvalue weighted by Gasteiger charge is 2.53. The Labute approximate surface area is 119 Å². The maximum Gasteiger partial charge on any atom is 0.215 e. The van der Waals surface area contributed by atoms with E-state index in [0.717, 1.165) is 18.8 Å². The lowest BCUT2D eigenvalue weighted by atomic mass is 10.0. The van der Waals surface area contributed by atoms with Gasteiger partial charge in [0.25, 0.3) is 0 Å². The Morgan fingerprint density at radius 2 is 1.90 bits per heavy atom. The Morgan fingerprint density at radius 1 is 1.25 bits per heavy atom. The normalized spacial score (nSPS) is 20.4. The molecule has 2 saturated carbocycles. The number of nitrogens with one attached hydrogen (secondary N) is 1. The van der Waals surface area contributed by atoms with E-state index in [4.69, 9.17) is 5.26 Å². The highest BCUT2D eigenvalue weighted by molar-refractivity contribution is 7.88. The van der Waals surface area contributed by atoms with Crippen LogP contribution in [0.4, 0.5) is 0 Å². The molecule has 0 aliphatic heterocycles. The fourth-order valence-electron chi connectivity index (χ4n) is 2.79. The number of rotatable bonds is 6. The molecule has 1 aromatic carbocycles. The summed E-state index contributed by atoms with van der Waals surface area (Å²) in [5.74, 6) is 0.736. The van der Waals surface area contributed by atoms with Gasteiger partial charge in [0.15, 0.2) is 0 Å². The smallest absolute Gasteiger partial charge is 0.214 e. The second-order valence-corrected chi connectivity index (χ2v) is 7.83. The number of hydrogen-bond donors (Lipinski definition) is 1. The minimum absolute atomic E-state index is 0.0144. The molecule has 4 nitrogen and oxygen atoms in total. The van der Waals surface area contributed by atoms with Crippen LogP contribution in [0.15, 0.2) is 24.3 Å². The van der Waals surface area contributed by atoms with Crippen molar-refractivity contribution in [3.8, 4) is 6.07 Å². The van der Waals surface area contributed by atoms with Gasteiger partial charge >= 0.3 is 0 Å². The lowest BCUT2D eigenvalue weighted by Crippen LogP contribution is -2.32. The number of nitriles is 1. The predicted octanol–water partition coefficient (Wildman–Crippen LogP) is 2.17. The molecule has 0 unspecified atom stereocenters. The van der Waals surface area contributed by atoms with Crippen molar-refractivity contribution in [2.45, 2.75) is 31.4 Å². The van der Waals surface area contributed by atoms with Crippen molar-refractivity contribution < 1.29 is 8.42 Å². The molecule has 2 aliphatic carbocycles. The quantitative estimate of drug-likeness (QED) is 0.873. The van der Waals surface area contributed by atoms with Crippen LogP contribution < -0.4 is 4.72 Å². The van der Waals surface area contributed by atoms with Crippen LogP contribution >= 0.6 is 0 Å². The first-order valence-electron chi connectivity index (χ1n) is 6.99. The van der Waals surface area contributed by atoms with Crippen molar-refractivity contribution in [2.75, 3.05) is 6.54 Å². The molecule has 0 amide bonds. The van der Waals surface area contributed by atoms with Gasteiger partial charge < -0.3 is 0 Å². The summed E-state index contributed by atoms with van der Waals surface area (Å²) in [5.41, 5.74) is 1.54. The second-order valence-electron chi connectivity index (χ2n) is 6.03. The van der Waals surface area contributed by atoms with Crippen molar-refractivity contribution in [3.05, 3.63) is 35.4 Å². The standard InChI is InChI=1S/C15H18N2O2S/c16-9-12-1-3-13(4-2-12)10-20(18,19)17-11-15(7-8-15)14-5-6-14/h1-4,14,17H,5-8,10-11H2. The Hall–Kier alpha value is -1.38. The molecule has 106 valence electrons. The van der Waals surface area contributed by atoms with E-state index in [1.165, 1.54) is 12.8 Å². The summed E-state index contributed by atoms with van der Waals surface area (Å²) in [5, 5.41) is 8.72. The summed E-state index contributed by atoms with van der Waals surface area (Å²) in [6.07, 6.45) is 4.85. The first kappa shape index (κ1) is 13.6. The van der Waals surface area contributed by atoms with Gasteiger partial charge in [0.05, 0.1) is 17.4 Å². The van der Waals surface area contributed by atoms with Gasteiger partial charge in [0.2, 0.25) is 10.0 Å². The first-order chi connectivity index (χ1) is 9.53. The zero-order valence-electron chi connectivity index (χ0n) is 11.3. The highest BCUT2D eigenvalue weighted by atomic mass is 32.2. The monoisotopic (exact) mass is 290 g/mol. The summed E-state index contributed by atoms with van der Waals surface area (Å²) >= 11 is 0. The fourth-order valence-corrected chi connectivity index (χ4v) is 4.03. The summed E-state index contributed by atoms with van der Waals surface area (Å²) in [6, 6.07) is 8.73. The van der Waals surface area contributed by atoms with Crippen LogP contribution in [0.2, 0.25) is 0 Å². The number of sulfonamides is 1. The molecule has 1 aromatic rings. The SMILES string of the molecule is N#Cc1ccc(CS(=O)(=O)NCC2(C3CC3)CC2)cc1. The van der Waals surface area contributed by atoms with Crippen LogP contribution in [0.1, 0.15) is 36.8 Å². The predicted molar refractivity (Wildman–Crippen MR) is 76.2 cm³/mol. The van der Waals surface area contributed by atoms with Gasteiger partial charge in [-0.2, -0.15) is 5.26 Å². The molecule has 0 atom stereocenters. The molecule has 2 aliphatic rings. The highest BCUT2D eigenvalue weighted by Crippen LogP contribution is 2.60. The Bertz CT molecular complexity index is 635. The molecule has 0 heterocycles. The molecule has 0 spiro atoms. The van der Waals surface area contributed by atoms with Crippen molar-refractivity contribution in [1.82, 2.24) is 4.72 Å². The Kier molecular flexibility index (Phi) is 3.31. The lowest BCUT2D eigenvalue weighted by Gasteiger charge is -2.15. The van der Waals surface area contributed by atoms with Crippen LogP contribution in [0, 0.1) is 22.7 Å². The van der Waals surface area contributed by atoms with Gasteiger partial charge in [-0.15, -0.1) is 0 Å². The van der Waals surface area contributed by atoms with Crippen molar-refractivity contribution >= 4 is 10.0 Å². The molecule has 1 N–H and O–H groups in total. The van der Waals surface area contributed by atoms with E-state index < -0.39 is 10.0 Å². The van der Waals surface area contributed by atoms with Gasteiger partial charge in [0, 0.05) is 6.54 Å². The van der Waals surface area contributed by atoms with Crippen LogP contribution in [-0.2, 0) is 15.8 Å². The summed E-state index contributed by atoms with van der Waals surface area (Å²) in [7, 11) is -3.29. The van der Waals surface area contributed by atoms with E-state index in [9.17, 15) is 8.42 Å². The molecule has 0 aromatic heterocycles. The maximum atomic E-state index is 12.1. The van der Waals surface area contributed by atoms with E-state index in [0.29, 0.717) is 17.7 Å². The van der Waals surface area contributed by atoms with Gasteiger partial charge in [-0.3, -0.25) is 0 Å². The number of hydrogen-bond acceptors (Lipinski definition) is 3. The Morgan fingerprint density at radius 3 is 2.40 bits per heavy atom. The van der Waals surface area contributed by atoms with Gasteiger partial charge in [-0.25, -0.2) is 13.1 Å². The minimum atomic E-state index is -3.29. The number of benzene rings is 1. The summed E-state index contributed by atoms with van der Waals surface area (Å²) in [4.78, 5) is 0. The van der Waals surface area contributed by atoms with Crippen molar-refractivity contribution in [3.63, 3.8) is 0 Å². The third-order valence-electron chi connectivity index (χ3n) is 4.42. The van der Waals surface area contributed by atoms with E-state index in [1.807, 2.05) is 6.07 Å². The molecule has 0 saturated heterocycles. The third kappa shape index (κ3) is 3.02. The lowest BCUT2D eigenvalue weighted by molar-refractivity contribution is 0.431. The van der Waals surface area contributed by atoms with E-state index in [1.54, 1.807) is 24.3 Å². The zero-order chi connectivity index (χ0) is 14.2. The molecule has 3 rings (SSSR count). The van der Waals surface area contributed by atoms with E-state index >= 15 is 0 Å². The van der Waals surface area contributed by atoms with Crippen LogP contribution in [0.25, 0.3) is 0 Å². The summed E-state index contributed by atoms with van der Waals surface area (Å²) < 4.78 is 27.0. The topological polar surface area (TPSA) is 70.0 Å². The largest absolute Gasteiger partial charge is 0.215 e. The van der Waals surface area contributed by atoms with E-state index in [2.05, 4.69) is 4.72 Å². The molecule has 0 radical (unpaired) electrons. The van der Waals surface area contributed by atoms with Crippen LogP contribution in [0.3, 0.4) is 0 Å². The van der Waals surface area contributed by atoms with Gasteiger partial charge in [-0.05, 0) is 54.7 Å². The second kappa shape index (κ2) is 4.87. The average Bonchev–Trinajstić information content (AvgIpc) is 3.28.